The zero-order valence-corrected chi connectivity index (χ0v) is 35.9. The molecule has 2 heteroatoms. The van der Waals surface area contributed by atoms with Gasteiger partial charge in [-0.25, -0.2) is 0 Å². The Morgan fingerprint density at radius 1 is 0.677 bits per heavy atom. The minimum atomic E-state index is -0.716. The number of nitrogens with zero attached hydrogens (tertiary/aromatic N) is 2. The number of hydrogen-bond acceptors (Lipinski definition) is 2. The first-order valence-corrected chi connectivity index (χ1v) is 21.6. The van der Waals surface area contributed by atoms with Crippen LogP contribution in [0.4, 0.5) is 11.4 Å². The van der Waals surface area contributed by atoms with Crippen molar-refractivity contribution in [3.8, 4) is 24.7 Å². The highest BCUT2D eigenvalue weighted by Crippen LogP contribution is 2.51. The molecule has 0 N–H and O–H groups in total. The molecular formula is C60H52N2. The average molecular weight is 801 g/mol. The lowest BCUT2D eigenvalue weighted by molar-refractivity contribution is 0.615. The van der Waals surface area contributed by atoms with Crippen LogP contribution in [0, 0.1) is 24.7 Å². The second-order valence-corrected chi connectivity index (χ2v) is 15.8. The molecule has 0 aliphatic heterocycles. The molecule has 6 aromatic rings. The Balaban J connectivity index is 1.49. The van der Waals surface area contributed by atoms with Gasteiger partial charge in [-0.3, -0.25) is 0 Å². The molecule has 1 unspecified atom stereocenters. The lowest BCUT2D eigenvalue weighted by atomic mass is 9.62. The van der Waals surface area contributed by atoms with Gasteiger partial charge in [0, 0.05) is 45.6 Å². The van der Waals surface area contributed by atoms with Crippen LogP contribution in [0.1, 0.15) is 79.3 Å². The molecule has 2 nitrogen and oxygen atoms in total. The molecule has 2 aliphatic rings. The van der Waals surface area contributed by atoms with E-state index in [1.165, 1.54) is 22.1 Å². The van der Waals surface area contributed by atoms with E-state index in [2.05, 4.69) is 237 Å². The molecule has 6 aromatic carbocycles. The maximum absolute atomic E-state index is 6.99. The van der Waals surface area contributed by atoms with E-state index in [9.17, 15) is 0 Å². The van der Waals surface area contributed by atoms with Crippen molar-refractivity contribution in [2.24, 2.45) is 0 Å². The topological polar surface area (TPSA) is 6.48 Å². The smallest absolute Gasteiger partial charge is 0.0502 e. The quantitative estimate of drug-likeness (QED) is 0.101. The third-order valence-corrected chi connectivity index (χ3v) is 12.2. The summed E-state index contributed by atoms with van der Waals surface area (Å²) < 4.78 is 0. The number of rotatable bonds is 10. The average Bonchev–Trinajstić information content (AvgIpc) is 3.39. The maximum Gasteiger partial charge on any atom is 0.0502 e. The maximum atomic E-state index is 6.99. The molecule has 0 amide bonds. The van der Waals surface area contributed by atoms with Crippen LogP contribution in [-0.2, 0) is 5.41 Å². The number of fused-ring (bicyclic) bond motifs is 3. The summed E-state index contributed by atoms with van der Waals surface area (Å²) in [5.41, 5.74) is 12.3. The van der Waals surface area contributed by atoms with Crippen LogP contribution in [0.5, 0.6) is 0 Å². The number of allylic oxidation sites excluding steroid dienone is 10. The lowest BCUT2D eigenvalue weighted by Crippen LogP contribution is -2.32. The monoisotopic (exact) mass is 800 g/mol. The molecule has 0 spiro atoms. The SMILES string of the molecule is C#C/C=C\C(=C/C)N(C1=CCC(c2ccccc2)(c2ccccc2)c2c(C#C)c(/C=C(\C)N(C3=CCCC=C3)c3ccccc3)c3ccccc3c2C(C)C=C1)c1ccccc1. The Morgan fingerprint density at radius 3 is 1.81 bits per heavy atom. The Kier molecular flexibility index (Phi) is 12.5. The molecule has 8 rings (SSSR count). The summed E-state index contributed by atoms with van der Waals surface area (Å²) in [5.74, 6) is 6.06. The van der Waals surface area contributed by atoms with Gasteiger partial charge < -0.3 is 9.80 Å². The van der Waals surface area contributed by atoms with Gasteiger partial charge >= 0.3 is 0 Å². The van der Waals surface area contributed by atoms with Crippen molar-refractivity contribution in [1.29, 1.82) is 0 Å². The standard InChI is InChI=1S/C60H52N2/c1-6-9-31-49(7-2)62(52-36-23-14-24-37-52)53-41-40-45(4)58-56-39-26-25-38-55(56)57(44-46(5)61(50-32-19-12-20-33-50)51-34-21-13-22-35-51)54(8-3)59(58)60(43-42-53,47-27-15-10-16-28-47)48-29-17-11-18-30-48/h1,3,7,9-12,14-21,23-42,44-45H,13,22,43H2,2,4-5H3/b31-9-,41-40?,46-44+,49-7+,53-42?. The first-order valence-electron chi connectivity index (χ1n) is 21.6. The van der Waals surface area contributed by atoms with Crippen LogP contribution < -0.4 is 9.80 Å². The van der Waals surface area contributed by atoms with Crippen LogP contribution in [0.3, 0.4) is 0 Å². The van der Waals surface area contributed by atoms with Gasteiger partial charge in [0.2, 0.25) is 0 Å². The number of anilines is 2. The molecule has 62 heavy (non-hydrogen) atoms. The summed E-state index contributed by atoms with van der Waals surface area (Å²) in [4.78, 5) is 4.66. The molecule has 0 heterocycles. The summed E-state index contributed by atoms with van der Waals surface area (Å²) in [6, 6.07) is 51.9. The van der Waals surface area contributed by atoms with Crippen molar-refractivity contribution in [1.82, 2.24) is 0 Å². The van der Waals surface area contributed by atoms with Crippen LogP contribution in [-0.4, -0.2) is 0 Å². The largest absolute Gasteiger partial charge is 0.315 e. The first kappa shape index (κ1) is 41.2. The summed E-state index contributed by atoms with van der Waals surface area (Å²) in [5, 5.41) is 2.32. The molecule has 0 saturated heterocycles. The Morgan fingerprint density at radius 2 is 1.24 bits per heavy atom. The highest BCUT2D eigenvalue weighted by molar-refractivity contribution is 5.99. The minimum Gasteiger partial charge on any atom is -0.315 e. The highest BCUT2D eigenvalue weighted by atomic mass is 15.2. The van der Waals surface area contributed by atoms with Gasteiger partial charge in [-0.2, -0.15) is 0 Å². The van der Waals surface area contributed by atoms with Crippen molar-refractivity contribution < 1.29 is 0 Å². The number of hydrogen-bond donors (Lipinski definition) is 0. The van der Waals surface area contributed by atoms with E-state index in [1.54, 1.807) is 6.08 Å². The van der Waals surface area contributed by atoms with Crippen LogP contribution in [0.2, 0.25) is 0 Å². The van der Waals surface area contributed by atoms with Gasteiger partial charge in [-0.05, 0) is 126 Å². The van der Waals surface area contributed by atoms with Gasteiger partial charge in [0.1, 0.15) is 0 Å². The summed E-state index contributed by atoms with van der Waals surface area (Å²) in [6.45, 7) is 6.58. The lowest BCUT2D eigenvalue weighted by Gasteiger charge is -2.40. The van der Waals surface area contributed by atoms with Gasteiger partial charge in [-0.15, -0.1) is 12.8 Å². The Bertz CT molecular complexity index is 2810. The molecule has 0 radical (unpaired) electrons. The molecule has 2 aliphatic carbocycles. The number of benzene rings is 6. The van der Waals surface area contributed by atoms with Gasteiger partial charge in [0.05, 0.1) is 5.41 Å². The molecule has 0 saturated carbocycles. The fourth-order valence-corrected chi connectivity index (χ4v) is 9.41. The van der Waals surface area contributed by atoms with E-state index in [0.717, 1.165) is 69.1 Å². The summed E-state index contributed by atoms with van der Waals surface area (Å²) >= 11 is 0. The van der Waals surface area contributed by atoms with E-state index < -0.39 is 5.41 Å². The number of para-hydroxylation sites is 2. The van der Waals surface area contributed by atoms with Crippen molar-refractivity contribution in [2.75, 3.05) is 9.80 Å². The fraction of sp³-hybridized carbons (Fsp3) is 0.133. The van der Waals surface area contributed by atoms with Gasteiger partial charge in [0.15, 0.2) is 0 Å². The second kappa shape index (κ2) is 18.8. The Hall–Kier alpha value is -7.52. The predicted molar refractivity (Wildman–Crippen MR) is 265 cm³/mol. The molecule has 0 fully saturated rings. The van der Waals surface area contributed by atoms with Gasteiger partial charge in [-0.1, -0.05) is 170 Å². The van der Waals surface area contributed by atoms with E-state index in [0.29, 0.717) is 6.42 Å². The zero-order valence-electron chi connectivity index (χ0n) is 35.9. The van der Waals surface area contributed by atoms with Crippen molar-refractivity contribution >= 4 is 28.2 Å². The molecule has 0 bridgehead atoms. The fourth-order valence-electron chi connectivity index (χ4n) is 9.41. The van der Waals surface area contributed by atoms with Crippen LogP contribution >= 0.6 is 0 Å². The first-order chi connectivity index (χ1) is 30.5. The molecule has 0 aromatic heterocycles. The normalized spacial score (nSPS) is 16.2. The molecule has 302 valence electrons. The van der Waals surface area contributed by atoms with E-state index in [-0.39, 0.29) is 5.92 Å². The van der Waals surface area contributed by atoms with Crippen molar-refractivity contribution in [3.05, 3.63) is 256 Å². The molecular weight excluding hydrogens is 749 g/mol. The van der Waals surface area contributed by atoms with Crippen LogP contribution in [0.25, 0.3) is 16.8 Å². The van der Waals surface area contributed by atoms with E-state index in [4.69, 9.17) is 12.8 Å². The zero-order chi connectivity index (χ0) is 42.9. The summed E-state index contributed by atoms with van der Waals surface area (Å²) in [6.07, 6.45) is 37.5. The van der Waals surface area contributed by atoms with E-state index >= 15 is 0 Å². The highest BCUT2D eigenvalue weighted by Gasteiger charge is 2.42. The summed E-state index contributed by atoms with van der Waals surface area (Å²) in [7, 11) is 0. The predicted octanol–water partition coefficient (Wildman–Crippen LogP) is 14.8. The van der Waals surface area contributed by atoms with Crippen molar-refractivity contribution in [3.63, 3.8) is 0 Å². The third kappa shape index (κ3) is 7.92. The number of terminal acetylenes is 2. The molecule has 1 atom stereocenters. The van der Waals surface area contributed by atoms with Gasteiger partial charge in [0.25, 0.3) is 0 Å². The Labute approximate surface area is 369 Å². The second-order valence-electron chi connectivity index (χ2n) is 15.8. The minimum absolute atomic E-state index is 0.0410. The van der Waals surface area contributed by atoms with Crippen LogP contribution in [0.15, 0.2) is 223 Å². The third-order valence-electron chi connectivity index (χ3n) is 12.2. The van der Waals surface area contributed by atoms with Crippen molar-refractivity contribution in [2.45, 2.75) is 51.4 Å². The van der Waals surface area contributed by atoms with E-state index in [1.807, 2.05) is 6.08 Å².